The summed E-state index contributed by atoms with van der Waals surface area (Å²) in [5, 5.41) is 9.72. The van der Waals surface area contributed by atoms with Crippen molar-refractivity contribution in [1.29, 1.82) is 0 Å². The fourth-order valence-corrected chi connectivity index (χ4v) is 1.40. The Morgan fingerprint density at radius 3 is 3.00 bits per heavy atom. The van der Waals surface area contributed by atoms with E-state index in [1.54, 1.807) is 0 Å². The van der Waals surface area contributed by atoms with Crippen LogP contribution < -0.4 is 0 Å². The Bertz CT molecular complexity index is 478. The molecule has 0 fully saturated rings. The van der Waals surface area contributed by atoms with Gasteiger partial charge in [-0.3, -0.25) is 4.98 Å². The second-order valence-corrected chi connectivity index (χ2v) is 2.96. The lowest BCUT2D eigenvalue weighted by molar-refractivity contribution is 0.0699. The van der Waals surface area contributed by atoms with Crippen molar-refractivity contribution in [1.82, 2.24) is 9.97 Å². The smallest absolute Gasteiger partial charge is 0.337 e. The lowest BCUT2D eigenvalue weighted by Gasteiger charge is -1.92. The van der Waals surface area contributed by atoms with Gasteiger partial charge in [0.2, 0.25) is 0 Å². The fourth-order valence-electron chi connectivity index (χ4n) is 1.18. The molecule has 0 aliphatic heterocycles. The summed E-state index contributed by atoms with van der Waals surface area (Å²) in [6.07, 6.45) is 4.34. The van der Waals surface area contributed by atoms with Crippen molar-refractivity contribution in [2.75, 3.05) is 0 Å². The zero-order valence-electron chi connectivity index (χ0n) is 6.41. The monoisotopic (exact) mass is 196 g/mol. The van der Waals surface area contributed by atoms with Crippen LogP contribution in [-0.2, 0) is 0 Å². The normalized spacial score (nSPS) is 10.5. The zero-order valence-corrected chi connectivity index (χ0v) is 7.17. The molecule has 2 rings (SSSR count). The molecule has 0 saturated carbocycles. The van der Waals surface area contributed by atoms with E-state index in [0.717, 1.165) is 0 Å². The molecular weight excluding hydrogens is 192 g/mol. The molecule has 0 aliphatic rings. The van der Waals surface area contributed by atoms with E-state index in [9.17, 15) is 4.79 Å². The van der Waals surface area contributed by atoms with E-state index in [0.29, 0.717) is 15.9 Å². The first-order valence-electron chi connectivity index (χ1n) is 3.54. The SMILES string of the molecule is O=C(O)c1c[nH]c2c(Cl)cncc12. The summed E-state index contributed by atoms with van der Waals surface area (Å²) < 4.78 is 0. The highest BCUT2D eigenvalue weighted by Crippen LogP contribution is 2.23. The first kappa shape index (κ1) is 8.07. The zero-order chi connectivity index (χ0) is 9.42. The third kappa shape index (κ3) is 1.15. The molecule has 4 nitrogen and oxygen atoms in total. The van der Waals surface area contributed by atoms with E-state index in [4.69, 9.17) is 16.7 Å². The summed E-state index contributed by atoms with van der Waals surface area (Å²) in [6, 6.07) is 0. The van der Waals surface area contributed by atoms with Crippen molar-refractivity contribution in [2.24, 2.45) is 0 Å². The molecule has 5 heteroatoms. The number of rotatable bonds is 1. The molecule has 2 heterocycles. The Hall–Kier alpha value is -1.55. The summed E-state index contributed by atoms with van der Waals surface area (Å²) >= 11 is 5.79. The van der Waals surface area contributed by atoms with Gasteiger partial charge in [0, 0.05) is 24.0 Å². The molecule has 2 aromatic rings. The molecule has 0 bridgehead atoms. The van der Waals surface area contributed by atoms with E-state index in [1.165, 1.54) is 18.6 Å². The Balaban J connectivity index is 2.83. The number of aromatic amines is 1. The van der Waals surface area contributed by atoms with Gasteiger partial charge < -0.3 is 10.1 Å². The Labute approximate surface area is 78.2 Å². The number of nitrogens with zero attached hydrogens (tertiary/aromatic N) is 1. The number of aromatic nitrogens is 2. The highest BCUT2D eigenvalue weighted by molar-refractivity contribution is 6.35. The maximum absolute atomic E-state index is 10.7. The largest absolute Gasteiger partial charge is 0.478 e. The minimum atomic E-state index is -0.990. The van der Waals surface area contributed by atoms with Crippen molar-refractivity contribution in [3.8, 4) is 0 Å². The molecule has 0 saturated heterocycles. The molecular formula is C8H5ClN2O2. The van der Waals surface area contributed by atoms with Gasteiger partial charge in [-0.25, -0.2) is 4.79 Å². The molecule has 2 N–H and O–H groups in total. The molecule has 0 aliphatic carbocycles. The van der Waals surface area contributed by atoms with Crippen molar-refractivity contribution in [2.45, 2.75) is 0 Å². The van der Waals surface area contributed by atoms with E-state index in [1.807, 2.05) is 0 Å². The highest BCUT2D eigenvalue weighted by Gasteiger charge is 2.11. The van der Waals surface area contributed by atoms with Crippen LogP contribution in [0.1, 0.15) is 10.4 Å². The summed E-state index contributed by atoms with van der Waals surface area (Å²) in [5.41, 5.74) is 0.791. The van der Waals surface area contributed by atoms with E-state index in [2.05, 4.69) is 9.97 Å². The molecule has 0 aromatic carbocycles. The first-order chi connectivity index (χ1) is 6.20. The summed E-state index contributed by atoms with van der Waals surface area (Å²) in [7, 11) is 0. The second kappa shape index (κ2) is 2.74. The number of pyridine rings is 1. The average Bonchev–Trinajstić information content (AvgIpc) is 2.48. The van der Waals surface area contributed by atoms with Gasteiger partial charge in [0.1, 0.15) is 0 Å². The minimum Gasteiger partial charge on any atom is -0.478 e. The Kier molecular flexibility index (Phi) is 1.70. The quantitative estimate of drug-likeness (QED) is 0.732. The first-order valence-corrected chi connectivity index (χ1v) is 3.92. The number of nitrogens with one attached hydrogen (secondary N) is 1. The topological polar surface area (TPSA) is 66.0 Å². The van der Waals surface area contributed by atoms with Gasteiger partial charge in [-0.1, -0.05) is 11.6 Å². The number of halogens is 1. The van der Waals surface area contributed by atoms with Crippen molar-refractivity contribution in [3.05, 3.63) is 29.2 Å². The summed E-state index contributed by atoms with van der Waals surface area (Å²) in [4.78, 5) is 17.3. The summed E-state index contributed by atoms with van der Waals surface area (Å²) in [5.74, 6) is -0.990. The second-order valence-electron chi connectivity index (χ2n) is 2.55. The fraction of sp³-hybridized carbons (Fsp3) is 0. The maximum Gasteiger partial charge on any atom is 0.337 e. The van der Waals surface area contributed by atoms with Crippen LogP contribution in [0.5, 0.6) is 0 Å². The van der Waals surface area contributed by atoms with Gasteiger partial charge in [-0.15, -0.1) is 0 Å². The van der Waals surface area contributed by atoms with Crippen LogP contribution in [0.3, 0.4) is 0 Å². The molecule has 0 radical (unpaired) electrons. The van der Waals surface area contributed by atoms with Crippen LogP contribution in [-0.4, -0.2) is 21.0 Å². The number of carbonyl (C=O) groups is 1. The average molecular weight is 197 g/mol. The lowest BCUT2D eigenvalue weighted by Crippen LogP contribution is -1.93. The van der Waals surface area contributed by atoms with Gasteiger partial charge in [-0.05, 0) is 0 Å². The van der Waals surface area contributed by atoms with Gasteiger partial charge in [0.25, 0.3) is 0 Å². The van der Waals surface area contributed by atoms with Crippen molar-refractivity contribution < 1.29 is 9.90 Å². The Morgan fingerprint density at radius 1 is 1.54 bits per heavy atom. The third-order valence-corrected chi connectivity index (χ3v) is 2.07. The van der Waals surface area contributed by atoms with Crippen LogP contribution >= 0.6 is 11.6 Å². The number of hydrogen-bond acceptors (Lipinski definition) is 2. The van der Waals surface area contributed by atoms with Crippen LogP contribution in [0.25, 0.3) is 10.9 Å². The predicted octanol–water partition coefficient (Wildman–Crippen LogP) is 1.91. The molecule has 0 unspecified atom stereocenters. The van der Waals surface area contributed by atoms with Gasteiger partial charge in [0.15, 0.2) is 0 Å². The molecule has 0 amide bonds. The minimum absolute atomic E-state index is 0.185. The molecule has 2 aromatic heterocycles. The van der Waals surface area contributed by atoms with E-state index >= 15 is 0 Å². The standard InChI is InChI=1S/C8H5ClN2O2/c9-6-3-10-1-4-5(8(12)13)2-11-7(4)6/h1-3,11H,(H,12,13). The third-order valence-electron chi connectivity index (χ3n) is 1.78. The maximum atomic E-state index is 10.7. The lowest BCUT2D eigenvalue weighted by atomic mass is 10.2. The van der Waals surface area contributed by atoms with E-state index < -0.39 is 5.97 Å². The van der Waals surface area contributed by atoms with Gasteiger partial charge in [-0.2, -0.15) is 0 Å². The van der Waals surface area contributed by atoms with Crippen molar-refractivity contribution in [3.63, 3.8) is 0 Å². The predicted molar refractivity (Wildman–Crippen MR) is 48.1 cm³/mol. The number of fused-ring (bicyclic) bond motifs is 1. The van der Waals surface area contributed by atoms with Gasteiger partial charge in [0.05, 0.1) is 16.1 Å². The molecule has 13 heavy (non-hydrogen) atoms. The number of H-pyrrole nitrogens is 1. The number of hydrogen-bond donors (Lipinski definition) is 2. The van der Waals surface area contributed by atoms with E-state index in [-0.39, 0.29) is 5.56 Å². The van der Waals surface area contributed by atoms with Crippen molar-refractivity contribution >= 4 is 28.5 Å². The van der Waals surface area contributed by atoms with Crippen LogP contribution in [0.4, 0.5) is 0 Å². The molecule has 0 atom stereocenters. The number of aromatic carboxylic acids is 1. The van der Waals surface area contributed by atoms with Crippen LogP contribution in [0.15, 0.2) is 18.6 Å². The number of carboxylic acid groups (broad SMARTS) is 1. The van der Waals surface area contributed by atoms with Gasteiger partial charge >= 0.3 is 5.97 Å². The highest BCUT2D eigenvalue weighted by atomic mass is 35.5. The molecule has 66 valence electrons. The number of carboxylic acids is 1. The van der Waals surface area contributed by atoms with Crippen LogP contribution in [0.2, 0.25) is 5.02 Å². The summed E-state index contributed by atoms with van der Waals surface area (Å²) in [6.45, 7) is 0. The molecule has 0 spiro atoms. The van der Waals surface area contributed by atoms with Crippen LogP contribution in [0, 0.1) is 0 Å². The Morgan fingerprint density at radius 2 is 2.31 bits per heavy atom.